The van der Waals surface area contributed by atoms with Crippen molar-refractivity contribution in [3.8, 4) is 5.75 Å². The molecular weight excluding hydrogens is 274 g/mol. The van der Waals surface area contributed by atoms with E-state index < -0.39 is 5.97 Å². The lowest BCUT2D eigenvalue weighted by Gasteiger charge is -2.02. The fraction of sp³-hybridized carbons (Fsp3) is 0.167. The topological polar surface area (TPSA) is 59.4 Å². The van der Waals surface area contributed by atoms with Crippen LogP contribution in [0.15, 0.2) is 23.6 Å². The SMILES string of the molecule is COC(=O)c1csc(Cc2cc(Cl)ccc2O)n1. The minimum atomic E-state index is -0.465. The molecule has 0 saturated heterocycles. The lowest BCUT2D eigenvalue weighted by atomic mass is 10.1. The molecule has 0 aliphatic heterocycles. The first kappa shape index (κ1) is 12.9. The number of aromatic hydroxyl groups is 1. The number of halogens is 1. The predicted molar refractivity (Wildman–Crippen MR) is 69.4 cm³/mol. The van der Waals surface area contributed by atoms with Crippen molar-refractivity contribution in [2.75, 3.05) is 7.11 Å². The van der Waals surface area contributed by atoms with E-state index in [9.17, 15) is 9.90 Å². The van der Waals surface area contributed by atoms with Gasteiger partial charge < -0.3 is 9.84 Å². The van der Waals surface area contributed by atoms with E-state index in [0.717, 1.165) is 0 Å². The first-order chi connectivity index (χ1) is 8.60. The molecule has 1 aromatic carbocycles. The zero-order valence-electron chi connectivity index (χ0n) is 9.51. The Morgan fingerprint density at radius 3 is 3.06 bits per heavy atom. The molecule has 0 unspecified atom stereocenters. The molecule has 94 valence electrons. The molecule has 2 rings (SSSR count). The Bertz CT molecular complexity index is 582. The maximum atomic E-state index is 11.3. The second kappa shape index (κ2) is 5.37. The number of ether oxygens (including phenoxy) is 1. The average Bonchev–Trinajstić information content (AvgIpc) is 2.81. The van der Waals surface area contributed by atoms with Crippen LogP contribution in [0, 0.1) is 0 Å². The van der Waals surface area contributed by atoms with Crippen LogP contribution >= 0.6 is 22.9 Å². The zero-order chi connectivity index (χ0) is 13.1. The Balaban J connectivity index is 2.21. The van der Waals surface area contributed by atoms with Crippen molar-refractivity contribution in [3.05, 3.63) is 44.9 Å². The standard InChI is InChI=1S/C12H10ClNO3S/c1-17-12(16)9-6-18-11(14-9)5-7-4-8(13)2-3-10(7)15/h2-4,6,15H,5H2,1H3. The number of carbonyl (C=O) groups excluding carboxylic acids is 1. The predicted octanol–water partition coefficient (Wildman–Crippen LogP) is 2.88. The Labute approximate surface area is 113 Å². The molecule has 0 saturated carbocycles. The second-order valence-corrected chi connectivity index (χ2v) is 4.95. The van der Waals surface area contributed by atoms with Gasteiger partial charge in [0.2, 0.25) is 0 Å². The number of benzene rings is 1. The third kappa shape index (κ3) is 2.80. The number of carbonyl (C=O) groups is 1. The third-order valence-electron chi connectivity index (χ3n) is 2.33. The van der Waals surface area contributed by atoms with Gasteiger partial charge in [-0.05, 0) is 18.2 Å². The maximum Gasteiger partial charge on any atom is 0.357 e. The van der Waals surface area contributed by atoms with E-state index in [2.05, 4.69) is 9.72 Å². The molecule has 0 fully saturated rings. The number of phenolic OH excluding ortho intramolecular Hbond substituents is 1. The van der Waals surface area contributed by atoms with Crippen LogP contribution in [0.4, 0.5) is 0 Å². The molecule has 2 aromatic rings. The van der Waals surface area contributed by atoms with Crippen molar-refractivity contribution >= 4 is 28.9 Å². The number of nitrogens with zero attached hydrogens (tertiary/aromatic N) is 1. The summed E-state index contributed by atoms with van der Waals surface area (Å²) in [4.78, 5) is 15.4. The maximum absolute atomic E-state index is 11.3. The highest BCUT2D eigenvalue weighted by atomic mass is 35.5. The largest absolute Gasteiger partial charge is 0.508 e. The highest BCUT2D eigenvalue weighted by Gasteiger charge is 2.12. The summed E-state index contributed by atoms with van der Waals surface area (Å²) in [5.74, 6) is -0.304. The lowest BCUT2D eigenvalue weighted by Crippen LogP contribution is -2.01. The summed E-state index contributed by atoms with van der Waals surface area (Å²) in [6.07, 6.45) is 0.425. The smallest absolute Gasteiger partial charge is 0.357 e. The van der Waals surface area contributed by atoms with E-state index in [-0.39, 0.29) is 11.4 Å². The van der Waals surface area contributed by atoms with E-state index >= 15 is 0 Å². The van der Waals surface area contributed by atoms with Gasteiger partial charge in [-0.1, -0.05) is 11.6 Å². The summed E-state index contributed by atoms with van der Waals surface area (Å²) in [5, 5.41) is 12.6. The van der Waals surface area contributed by atoms with E-state index in [4.69, 9.17) is 11.6 Å². The Morgan fingerprint density at radius 1 is 1.56 bits per heavy atom. The number of hydrogen-bond donors (Lipinski definition) is 1. The van der Waals surface area contributed by atoms with Gasteiger partial charge in [0.25, 0.3) is 0 Å². The zero-order valence-corrected chi connectivity index (χ0v) is 11.1. The molecule has 0 spiro atoms. The van der Waals surface area contributed by atoms with Crippen molar-refractivity contribution in [2.24, 2.45) is 0 Å². The molecule has 4 nitrogen and oxygen atoms in total. The highest BCUT2D eigenvalue weighted by molar-refractivity contribution is 7.09. The number of methoxy groups -OCH3 is 1. The monoisotopic (exact) mass is 283 g/mol. The molecular formula is C12H10ClNO3S. The number of thiazole rings is 1. The van der Waals surface area contributed by atoms with Crippen LogP contribution in [0.3, 0.4) is 0 Å². The van der Waals surface area contributed by atoms with E-state index in [1.165, 1.54) is 24.5 Å². The van der Waals surface area contributed by atoms with Crippen LogP contribution in [0.25, 0.3) is 0 Å². The number of esters is 1. The van der Waals surface area contributed by atoms with Gasteiger partial charge in [0.05, 0.1) is 12.1 Å². The minimum absolute atomic E-state index is 0.161. The molecule has 18 heavy (non-hydrogen) atoms. The van der Waals surface area contributed by atoms with Crippen LogP contribution in [-0.4, -0.2) is 23.2 Å². The van der Waals surface area contributed by atoms with Crippen LogP contribution in [0.2, 0.25) is 5.02 Å². The molecule has 0 aliphatic rings. The Morgan fingerprint density at radius 2 is 2.33 bits per heavy atom. The van der Waals surface area contributed by atoms with Crippen molar-refractivity contribution in [2.45, 2.75) is 6.42 Å². The van der Waals surface area contributed by atoms with Gasteiger partial charge in [-0.25, -0.2) is 9.78 Å². The summed E-state index contributed by atoms with van der Waals surface area (Å²) in [6.45, 7) is 0. The molecule has 0 amide bonds. The van der Waals surface area contributed by atoms with E-state index in [1.807, 2.05) is 0 Å². The van der Waals surface area contributed by atoms with Gasteiger partial charge in [0.15, 0.2) is 5.69 Å². The van der Waals surface area contributed by atoms with Gasteiger partial charge >= 0.3 is 5.97 Å². The van der Waals surface area contributed by atoms with Crippen LogP contribution in [-0.2, 0) is 11.2 Å². The number of phenols is 1. The van der Waals surface area contributed by atoms with Crippen molar-refractivity contribution < 1.29 is 14.6 Å². The van der Waals surface area contributed by atoms with Gasteiger partial charge in [-0.2, -0.15) is 0 Å². The first-order valence-electron chi connectivity index (χ1n) is 5.10. The van der Waals surface area contributed by atoms with Gasteiger partial charge in [-0.3, -0.25) is 0 Å². The van der Waals surface area contributed by atoms with Crippen LogP contribution in [0.1, 0.15) is 21.1 Å². The van der Waals surface area contributed by atoms with E-state index in [1.54, 1.807) is 17.5 Å². The van der Waals surface area contributed by atoms with E-state index in [0.29, 0.717) is 22.0 Å². The van der Waals surface area contributed by atoms with Crippen molar-refractivity contribution in [3.63, 3.8) is 0 Å². The number of hydrogen-bond acceptors (Lipinski definition) is 5. The van der Waals surface area contributed by atoms with Gasteiger partial charge in [0, 0.05) is 22.4 Å². The molecule has 0 radical (unpaired) electrons. The Hall–Kier alpha value is -1.59. The number of rotatable bonds is 3. The minimum Gasteiger partial charge on any atom is -0.508 e. The molecule has 1 N–H and O–H groups in total. The molecule has 1 heterocycles. The number of aromatic nitrogens is 1. The summed E-state index contributed by atoms with van der Waals surface area (Å²) >= 11 is 7.20. The molecule has 6 heteroatoms. The quantitative estimate of drug-likeness (QED) is 0.880. The third-order valence-corrected chi connectivity index (χ3v) is 3.41. The normalized spacial score (nSPS) is 10.3. The van der Waals surface area contributed by atoms with Crippen molar-refractivity contribution in [1.82, 2.24) is 4.98 Å². The summed E-state index contributed by atoms with van der Waals surface area (Å²) in [6, 6.07) is 4.82. The fourth-order valence-electron chi connectivity index (χ4n) is 1.45. The highest BCUT2D eigenvalue weighted by Crippen LogP contribution is 2.25. The van der Waals surface area contributed by atoms with Crippen LogP contribution in [0.5, 0.6) is 5.75 Å². The molecule has 0 bridgehead atoms. The second-order valence-electron chi connectivity index (χ2n) is 3.57. The molecule has 1 aromatic heterocycles. The average molecular weight is 284 g/mol. The van der Waals surface area contributed by atoms with Crippen molar-refractivity contribution in [1.29, 1.82) is 0 Å². The summed E-state index contributed by atoms with van der Waals surface area (Å²) < 4.78 is 4.58. The molecule has 0 atom stereocenters. The first-order valence-corrected chi connectivity index (χ1v) is 6.36. The van der Waals surface area contributed by atoms with Gasteiger partial charge in [-0.15, -0.1) is 11.3 Å². The lowest BCUT2D eigenvalue weighted by molar-refractivity contribution is 0.0594. The fourth-order valence-corrected chi connectivity index (χ4v) is 2.43. The van der Waals surface area contributed by atoms with Crippen LogP contribution < -0.4 is 0 Å². The molecule has 0 aliphatic carbocycles. The summed E-state index contributed by atoms with van der Waals surface area (Å²) in [7, 11) is 1.31. The Kier molecular flexibility index (Phi) is 3.84. The van der Waals surface area contributed by atoms with Gasteiger partial charge in [0.1, 0.15) is 5.75 Å². The summed E-state index contributed by atoms with van der Waals surface area (Å²) in [5.41, 5.74) is 0.951.